The maximum atomic E-state index is 4.59. The quantitative estimate of drug-likeness (QED) is 0.427. The molecule has 0 N–H and O–H groups in total. The van der Waals surface area contributed by atoms with Gasteiger partial charge in [-0.3, -0.25) is 0 Å². The van der Waals surface area contributed by atoms with Crippen LogP contribution in [0.15, 0.2) is 79.3 Å². The fourth-order valence-corrected chi connectivity index (χ4v) is 3.64. The summed E-state index contributed by atoms with van der Waals surface area (Å²) in [6, 6.07) is 23.5. The third kappa shape index (κ3) is 3.39. The second-order valence-electron chi connectivity index (χ2n) is 7.00. The van der Waals surface area contributed by atoms with Crippen molar-refractivity contribution in [2.24, 2.45) is 0 Å². The van der Waals surface area contributed by atoms with Gasteiger partial charge in [0.05, 0.1) is 5.69 Å². The van der Waals surface area contributed by atoms with E-state index in [1.165, 1.54) is 33.4 Å². The Bertz CT molecular complexity index is 1060. The Morgan fingerprint density at radius 1 is 0.667 bits per heavy atom. The number of nitrogens with zero attached hydrogens (tertiary/aromatic N) is 2. The van der Waals surface area contributed by atoms with Gasteiger partial charge >= 0.3 is 0 Å². The summed E-state index contributed by atoms with van der Waals surface area (Å²) < 4.78 is 0. The molecule has 0 aliphatic carbocycles. The van der Waals surface area contributed by atoms with Crippen LogP contribution in [0.4, 0.5) is 0 Å². The first-order valence-corrected chi connectivity index (χ1v) is 9.17. The summed E-state index contributed by atoms with van der Waals surface area (Å²) >= 11 is 0. The van der Waals surface area contributed by atoms with Crippen LogP contribution in [0.3, 0.4) is 0 Å². The Morgan fingerprint density at radius 2 is 1.33 bits per heavy atom. The van der Waals surface area contributed by atoms with Crippen molar-refractivity contribution in [3.8, 4) is 33.5 Å². The van der Waals surface area contributed by atoms with Crippen molar-refractivity contribution in [1.82, 2.24) is 9.97 Å². The van der Waals surface area contributed by atoms with E-state index in [0.29, 0.717) is 0 Å². The van der Waals surface area contributed by atoms with E-state index in [1.807, 2.05) is 24.4 Å². The average molecular weight is 350 g/mol. The van der Waals surface area contributed by atoms with Crippen LogP contribution in [-0.4, -0.2) is 9.97 Å². The van der Waals surface area contributed by atoms with E-state index in [1.54, 1.807) is 6.33 Å². The molecule has 132 valence electrons. The fraction of sp³-hybridized carbons (Fsp3) is 0.120. The van der Waals surface area contributed by atoms with Crippen molar-refractivity contribution in [3.05, 3.63) is 95.9 Å². The van der Waals surface area contributed by atoms with E-state index in [9.17, 15) is 0 Å². The summed E-state index contributed by atoms with van der Waals surface area (Å²) in [6.07, 6.45) is 3.55. The normalized spacial score (nSPS) is 10.8. The van der Waals surface area contributed by atoms with Crippen LogP contribution in [-0.2, 0) is 0 Å². The van der Waals surface area contributed by atoms with E-state index in [0.717, 1.165) is 16.8 Å². The Morgan fingerprint density at radius 3 is 2.00 bits per heavy atom. The van der Waals surface area contributed by atoms with Gasteiger partial charge in [0.15, 0.2) is 0 Å². The lowest BCUT2D eigenvalue weighted by molar-refractivity contribution is 1.17. The van der Waals surface area contributed by atoms with Crippen LogP contribution in [0.1, 0.15) is 16.7 Å². The second-order valence-corrected chi connectivity index (χ2v) is 7.00. The molecule has 0 aliphatic rings. The number of hydrogen-bond acceptors (Lipinski definition) is 2. The van der Waals surface area contributed by atoms with Crippen LogP contribution >= 0.6 is 0 Å². The summed E-state index contributed by atoms with van der Waals surface area (Å²) in [5.41, 5.74) is 10.6. The molecule has 0 aliphatic heterocycles. The maximum Gasteiger partial charge on any atom is 0.116 e. The highest BCUT2D eigenvalue weighted by Crippen LogP contribution is 2.36. The molecule has 0 saturated carbocycles. The minimum atomic E-state index is 0.972. The molecule has 0 saturated heterocycles. The summed E-state index contributed by atoms with van der Waals surface area (Å²) in [5, 5.41) is 0. The molecular formula is C25H22N2. The first kappa shape index (κ1) is 17.2. The van der Waals surface area contributed by atoms with Gasteiger partial charge in [-0.1, -0.05) is 72.3 Å². The van der Waals surface area contributed by atoms with E-state index in [2.05, 4.69) is 79.3 Å². The Balaban J connectivity index is 1.86. The highest BCUT2D eigenvalue weighted by Gasteiger charge is 2.14. The number of rotatable bonds is 3. The molecule has 1 aromatic heterocycles. The Labute approximate surface area is 160 Å². The topological polar surface area (TPSA) is 25.8 Å². The molecule has 0 atom stereocenters. The minimum Gasteiger partial charge on any atom is -0.244 e. The molecule has 0 bridgehead atoms. The van der Waals surface area contributed by atoms with Crippen molar-refractivity contribution >= 4 is 0 Å². The van der Waals surface area contributed by atoms with E-state index in [4.69, 9.17) is 0 Å². The van der Waals surface area contributed by atoms with Crippen molar-refractivity contribution in [3.63, 3.8) is 0 Å². The summed E-state index contributed by atoms with van der Waals surface area (Å²) in [7, 11) is 0. The average Bonchev–Trinajstić information content (AvgIpc) is 2.69. The van der Waals surface area contributed by atoms with Crippen LogP contribution < -0.4 is 0 Å². The molecule has 0 amide bonds. The number of benzene rings is 3. The van der Waals surface area contributed by atoms with Crippen LogP contribution in [0.25, 0.3) is 33.5 Å². The molecule has 0 spiro atoms. The van der Waals surface area contributed by atoms with Gasteiger partial charge in [-0.2, -0.15) is 0 Å². The minimum absolute atomic E-state index is 0.972. The standard InChI is InChI=1S/C25H22N2/c1-17-9-11-20(12-10-17)22-13-18(2)24(19(3)14-22)23-15-26-16-27-25(23)21-7-5-4-6-8-21/h4-16H,1-3H3. The SMILES string of the molecule is Cc1ccc(-c2cc(C)c(-c3cncnc3-c3ccccc3)c(C)c2)cc1. The molecule has 27 heavy (non-hydrogen) atoms. The molecule has 1 heterocycles. The molecule has 4 aromatic rings. The molecule has 0 fully saturated rings. The fourth-order valence-electron chi connectivity index (χ4n) is 3.64. The predicted octanol–water partition coefficient (Wildman–Crippen LogP) is 6.40. The third-order valence-electron chi connectivity index (χ3n) is 4.95. The lowest BCUT2D eigenvalue weighted by Gasteiger charge is -2.16. The zero-order valence-electron chi connectivity index (χ0n) is 15.9. The molecular weight excluding hydrogens is 328 g/mol. The highest BCUT2D eigenvalue weighted by atomic mass is 14.8. The van der Waals surface area contributed by atoms with Crippen molar-refractivity contribution in [1.29, 1.82) is 0 Å². The van der Waals surface area contributed by atoms with Crippen molar-refractivity contribution in [2.75, 3.05) is 0 Å². The van der Waals surface area contributed by atoms with Gasteiger partial charge in [-0.25, -0.2) is 9.97 Å². The molecule has 4 rings (SSSR count). The zero-order valence-corrected chi connectivity index (χ0v) is 15.9. The molecule has 2 nitrogen and oxygen atoms in total. The monoisotopic (exact) mass is 350 g/mol. The molecule has 0 radical (unpaired) electrons. The molecule has 0 unspecified atom stereocenters. The summed E-state index contributed by atoms with van der Waals surface area (Å²) in [4.78, 5) is 8.90. The van der Waals surface area contributed by atoms with E-state index >= 15 is 0 Å². The van der Waals surface area contributed by atoms with Crippen molar-refractivity contribution < 1.29 is 0 Å². The highest BCUT2D eigenvalue weighted by molar-refractivity contribution is 5.85. The molecule has 3 aromatic carbocycles. The second kappa shape index (κ2) is 7.16. The molecule has 2 heteroatoms. The van der Waals surface area contributed by atoms with Gasteiger partial charge in [0.2, 0.25) is 0 Å². The van der Waals surface area contributed by atoms with Gasteiger partial charge in [0.1, 0.15) is 6.33 Å². The largest absolute Gasteiger partial charge is 0.244 e. The number of aromatic nitrogens is 2. The first-order valence-electron chi connectivity index (χ1n) is 9.17. The maximum absolute atomic E-state index is 4.59. The van der Waals surface area contributed by atoms with Crippen LogP contribution in [0, 0.1) is 20.8 Å². The smallest absolute Gasteiger partial charge is 0.116 e. The summed E-state index contributed by atoms with van der Waals surface area (Å²) in [5.74, 6) is 0. The van der Waals surface area contributed by atoms with Gasteiger partial charge in [0, 0.05) is 17.3 Å². The van der Waals surface area contributed by atoms with E-state index < -0.39 is 0 Å². The van der Waals surface area contributed by atoms with Gasteiger partial charge in [-0.05, 0) is 48.6 Å². The van der Waals surface area contributed by atoms with Gasteiger partial charge in [-0.15, -0.1) is 0 Å². The predicted molar refractivity (Wildman–Crippen MR) is 113 cm³/mol. The van der Waals surface area contributed by atoms with Gasteiger partial charge < -0.3 is 0 Å². The van der Waals surface area contributed by atoms with Crippen molar-refractivity contribution in [2.45, 2.75) is 20.8 Å². The van der Waals surface area contributed by atoms with Gasteiger partial charge in [0.25, 0.3) is 0 Å². The lowest BCUT2D eigenvalue weighted by Crippen LogP contribution is -1.96. The Kier molecular flexibility index (Phi) is 4.55. The lowest BCUT2D eigenvalue weighted by atomic mass is 9.90. The third-order valence-corrected chi connectivity index (χ3v) is 4.95. The van der Waals surface area contributed by atoms with Crippen LogP contribution in [0.2, 0.25) is 0 Å². The Hall–Kier alpha value is -3.26. The van der Waals surface area contributed by atoms with Crippen LogP contribution in [0.5, 0.6) is 0 Å². The number of hydrogen-bond donors (Lipinski definition) is 0. The zero-order chi connectivity index (χ0) is 18.8. The number of aryl methyl sites for hydroxylation is 3. The summed E-state index contributed by atoms with van der Waals surface area (Å²) in [6.45, 7) is 6.45. The van der Waals surface area contributed by atoms with E-state index in [-0.39, 0.29) is 0 Å². The first-order chi connectivity index (χ1) is 13.1.